The van der Waals surface area contributed by atoms with Crippen molar-refractivity contribution in [1.82, 2.24) is 19.8 Å². The molecule has 3 saturated carbocycles. The average molecular weight is 545 g/mol. The van der Waals surface area contributed by atoms with Crippen molar-refractivity contribution in [3.05, 3.63) is 60.2 Å². The second-order valence-corrected chi connectivity index (χ2v) is 13.3. The molecule has 5 aliphatic rings. The highest BCUT2D eigenvalue weighted by Crippen LogP contribution is 2.65. The van der Waals surface area contributed by atoms with Gasteiger partial charge in [0, 0.05) is 38.4 Å². The van der Waals surface area contributed by atoms with Crippen molar-refractivity contribution in [2.45, 2.75) is 103 Å². The summed E-state index contributed by atoms with van der Waals surface area (Å²) in [6, 6.07) is 12.1. The lowest BCUT2D eigenvalue weighted by molar-refractivity contribution is -0.199. The van der Waals surface area contributed by atoms with E-state index in [4.69, 9.17) is 9.31 Å². The van der Waals surface area contributed by atoms with Gasteiger partial charge in [-0.15, -0.1) is 0 Å². The zero-order chi connectivity index (χ0) is 27.7. The van der Waals surface area contributed by atoms with Gasteiger partial charge in [-0.05, 0) is 93.5 Å². The van der Waals surface area contributed by atoms with E-state index in [-0.39, 0.29) is 30.7 Å². The van der Waals surface area contributed by atoms with Crippen molar-refractivity contribution in [2.24, 2.45) is 17.3 Å². The van der Waals surface area contributed by atoms with Crippen LogP contribution in [-0.2, 0) is 27.2 Å². The third-order valence-corrected chi connectivity index (χ3v) is 10.5. The van der Waals surface area contributed by atoms with Gasteiger partial charge in [0.2, 0.25) is 5.91 Å². The van der Waals surface area contributed by atoms with Crippen LogP contribution in [0.25, 0.3) is 0 Å². The molecule has 2 aromatic rings. The predicted molar refractivity (Wildman–Crippen MR) is 156 cm³/mol. The van der Waals surface area contributed by atoms with E-state index in [2.05, 4.69) is 52.7 Å². The number of nitrogens with zero attached hydrogens (tertiary/aromatic N) is 4. The van der Waals surface area contributed by atoms with Crippen LogP contribution in [0.5, 0.6) is 0 Å². The Morgan fingerprint density at radius 3 is 2.40 bits per heavy atom. The summed E-state index contributed by atoms with van der Waals surface area (Å²) < 4.78 is 13.3. The predicted octanol–water partition coefficient (Wildman–Crippen LogP) is 5.30. The highest BCUT2D eigenvalue weighted by atomic mass is 16.7. The summed E-state index contributed by atoms with van der Waals surface area (Å²) >= 11 is 0. The van der Waals surface area contributed by atoms with Crippen molar-refractivity contribution in [3.8, 4) is 0 Å². The molecule has 2 saturated heterocycles. The standard InChI is InChI=1S/C32H45BN4O3/c1-31(2)24-20-27(31)32(3)28(21-24)39-33(40-32)29-14-11-19-37(29)30(38)15-5-4-10-18-36(22-25-12-6-8-16-34-25)23-26-13-7-9-17-35-26/h6-9,12-13,16-17,24,27-29H,4-5,10-11,14-15,18-23H2,1-3H3/t24-,27?,28-,29?,32+/m1/s1. The van der Waals surface area contributed by atoms with Crippen LogP contribution < -0.4 is 0 Å². The fourth-order valence-electron chi connectivity index (χ4n) is 8.04. The van der Waals surface area contributed by atoms with Crippen LogP contribution in [0.2, 0.25) is 0 Å². The lowest BCUT2D eigenvalue weighted by Gasteiger charge is -2.64. The van der Waals surface area contributed by atoms with Crippen molar-refractivity contribution >= 4 is 13.0 Å². The van der Waals surface area contributed by atoms with E-state index >= 15 is 0 Å². The molecular formula is C32H45BN4O3. The van der Waals surface area contributed by atoms with Gasteiger partial charge in [0.25, 0.3) is 0 Å². The van der Waals surface area contributed by atoms with E-state index in [1.807, 2.05) is 36.7 Å². The molecule has 0 N–H and O–H groups in total. The maximum Gasteiger partial charge on any atom is 0.481 e. The first-order valence-corrected chi connectivity index (χ1v) is 15.5. The third-order valence-electron chi connectivity index (χ3n) is 10.5. The van der Waals surface area contributed by atoms with Crippen LogP contribution in [0.1, 0.15) is 83.5 Å². The number of rotatable bonds is 11. The highest BCUT2D eigenvalue weighted by molar-refractivity contribution is 6.48. The molecule has 2 unspecified atom stereocenters. The third kappa shape index (κ3) is 5.47. The fourth-order valence-corrected chi connectivity index (χ4v) is 8.04. The van der Waals surface area contributed by atoms with Crippen molar-refractivity contribution in [3.63, 3.8) is 0 Å². The SMILES string of the molecule is CC1(C)C2C[C@@H]1C[C@H]1OB(C3CCCN3C(=O)CCCCCN(Cc3ccccn3)Cc3ccccn3)O[C@@]21C. The molecule has 0 aromatic carbocycles. The van der Waals surface area contributed by atoms with Crippen molar-refractivity contribution < 1.29 is 14.1 Å². The number of hydrogen-bond acceptors (Lipinski definition) is 6. The topological polar surface area (TPSA) is 67.8 Å². The zero-order valence-electron chi connectivity index (χ0n) is 24.5. The lowest BCUT2D eigenvalue weighted by Crippen LogP contribution is -2.65. The van der Waals surface area contributed by atoms with Gasteiger partial charge in [-0.25, -0.2) is 0 Å². The molecule has 7 nitrogen and oxygen atoms in total. The highest BCUT2D eigenvalue weighted by Gasteiger charge is 2.69. The number of carbonyl (C=O) groups is 1. The van der Waals surface area contributed by atoms with Gasteiger partial charge in [0.05, 0.1) is 29.0 Å². The van der Waals surface area contributed by atoms with Crippen LogP contribution in [0.3, 0.4) is 0 Å². The molecule has 8 heteroatoms. The molecule has 2 aromatic heterocycles. The molecule has 1 amide bonds. The number of hydrogen-bond donors (Lipinski definition) is 0. The first-order chi connectivity index (χ1) is 19.3. The molecule has 2 bridgehead atoms. The first kappa shape index (κ1) is 27.9. The van der Waals surface area contributed by atoms with E-state index in [9.17, 15) is 4.79 Å². The second-order valence-electron chi connectivity index (χ2n) is 13.3. The van der Waals surface area contributed by atoms with E-state index in [0.717, 1.165) is 82.0 Å². The number of carbonyl (C=O) groups excluding carboxylic acids is 1. The summed E-state index contributed by atoms with van der Waals surface area (Å²) in [5.74, 6) is 1.61. The molecule has 5 atom stereocenters. The fraction of sp³-hybridized carbons (Fsp3) is 0.656. The van der Waals surface area contributed by atoms with Crippen LogP contribution in [0.4, 0.5) is 0 Å². The molecule has 5 fully saturated rings. The summed E-state index contributed by atoms with van der Waals surface area (Å²) in [5.41, 5.74) is 2.26. The summed E-state index contributed by atoms with van der Waals surface area (Å²) in [6.07, 6.45) is 11.8. The molecular weight excluding hydrogens is 499 g/mol. The Bertz CT molecular complexity index is 1110. The number of aromatic nitrogens is 2. The summed E-state index contributed by atoms with van der Waals surface area (Å²) in [4.78, 5) is 26.9. The van der Waals surface area contributed by atoms with Gasteiger partial charge >= 0.3 is 7.12 Å². The van der Waals surface area contributed by atoms with Crippen molar-refractivity contribution in [2.75, 3.05) is 13.1 Å². The summed E-state index contributed by atoms with van der Waals surface area (Å²) in [5, 5.41) is 0. The van der Waals surface area contributed by atoms with Crippen LogP contribution in [-0.4, -0.2) is 63.5 Å². The Balaban J connectivity index is 0.978. The zero-order valence-corrected chi connectivity index (χ0v) is 24.5. The number of unbranched alkanes of at least 4 members (excludes halogenated alkanes) is 2. The summed E-state index contributed by atoms with van der Waals surface area (Å²) in [6.45, 7) is 10.4. The van der Waals surface area contributed by atoms with Crippen LogP contribution in [0.15, 0.2) is 48.8 Å². The maximum atomic E-state index is 13.3. The van der Waals surface area contributed by atoms with E-state index < -0.39 is 0 Å². The van der Waals surface area contributed by atoms with Gasteiger partial charge in [0.1, 0.15) is 0 Å². The molecule has 7 rings (SSSR count). The van der Waals surface area contributed by atoms with Crippen molar-refractivity contribution in [1.29, 1.82) is 0 Å². The molecule has 0 radical (unpaired) electrons. The van der Waals surface area contributed by atoms with E-state index in [0.29, 0.717) is 17.8 Å². The molecule has 3 aliphatic carbocycles. The largest absolute Gasteiger partial charge is 0.481 e. The molecule has 0 spiro atoms. The Morgan fingerprint density at radius 2 is 1.75 bits per heavy atom. The van der Waals surface area contributed by atoms with Gasteiger partial charge in [0.15, 0.2) is 0 Å². The second kappa shape index (κ2) is 11.5. The molecule has 4 heterocycles. The average Bonchev–Trinajstić information content (AvgIpc) is 3.58. The normalized spacial score (nSPS) is 30.4. The van der Waals surface area contributed by atoms with Crippen LogP contribution in [0, 0.1) is 17.3 Å². The molecule has 40 heavy (non-hydrogen) atoms. The van der Waals surface area contributed by atoms with Crippen LogP contribution >= 0.6 is 0 Å². The maximum absolute atomic E-state index is 13.3. The minimum atomic E-state index is -0.275. The number of likely N-dealkylation sites (tertiary alicyclic amines) is 1. The Hall–Kier alpha value is -2.29. The monoisotopic (exact) mass is 544 g/mol. The van der Waals surface area contributed by atoms with E-state index in [1.165, 1.54) is 6.42 Å². The lowest BCUT2D eigenvalue weighted by atomic mass is 9.43. The minimum Gasteiger partial charge on any atom is -0.404 e. The Labute approximate surface area is 240 Å². The molecule has 214 valence electrons. The first-order valence-electron chi connectivity index (χ1n) is 15.5. The van der Waals surface area contributed by atoms with Gasteiger partial charge in [-0.3, -0.25) is 19.7 Å². The summed E-state index contributed by atoms with van der Waals surface area (Å²) in [7, 11) is -0.275. The van der Waals surface area contributed by atoms with Gasteiger partial charge in [-0.1, -0.05) is 32.4 Å². The quantitative estimate of drug-likeness (QED) is 0.283. The van der Waals surface area contributed by atoms with Gasteiger partial charge < -0.3 is 14.2 Å². The van der Waals surface area contributed by atoms with Gasteiger partial charge in [-0.2, -0.15) is 0 Å². The minimum absolute atomic E-state index is 0.0578. The molecule has 2 aliphatic heterocycles. The Kier molecular flexibility index (Phi) is 8.04. The smallest absolute Gasteiger partial charge is 0.404 e. The van der Waals surface area contributed by atoms with E-state index in [1.54, 1.807) is 0 Å². The number of amides is 1. The Morgan fingerprint density at radius 1 is 1.02 bits per heavy atom. The number of pyridine rings is 2.